The van der Waals surface area contributed by atoms with Crippen molar-refractivity contribution in [3.8, 4) is 5.75 Å². The summed E-state index contributed by atoms with van der Waals surface area (Å²) in [4.78, 5) is 0. The van der Waals surface area contributed by atoms with E-state index in [0.717, 1.165) is 11.1 Å². The monoisotopic (exact) mass is 293 g/mol. The lowest BCUT2D eigenvalue weighted by atomic mass is 9.96. The summed E-state index contributed by atoms with van der Waals surface area (Å²) >= 11 is 6.17. The van der Waals surface area contributed by atoms with Crippen molar-refractivity contribution in [2.75, 3.05) is 14.2 Å². The van der Waals surface area contributed by atoms with Crippen molar-refractivity contribution in [3.05, 3.63) is 63.9 Å². The molecule has 0 heterocycles. The van der Waals surface area contributed by atoms with Crippen molar-refractivity contribution in [2.45, 2.75) is 13.0 Å². The fourth-order valence-corrected chi connectivity index (χ4v) is 2.59. The molecule has 1 N–H and O–H groups in total. The molecule has 2 nitrogen and oxygen atoms in total. The quantitative estimate of drug-likeness (QED) is 0.916. The maximum atomic E-state index is 14.1. The van der Waals surface area contributed by atoms with Crippen molar-refractivity contribution in [1.82, 2.24) is 5.32 Å². The molecular weight excluding hydrogens is 277 g/mol. The largest absolute Gasteiger partial charge is 0.496 e. The summed E-state index contributed by atoms with van der Waals surface area (Å²) in [6.45, 7) is 1.98. The van der Waals surface area contributed by atoms with Crippen LogP contribution < -0.4 is 10.1 Å². The Balaban J connectivity index is 2.61. The normalized spacial score (nSPS) is 12.2. The summed E-state index contributed by atoms with van der Waals surface area (Å²) < 4.78 is 19.5. The Hall–Kier alpha value is -1.58. The first-order chi connectivity index (χ1) is 9.58. The highest BCUT2D eigenvalue weighted by molar-refractivity contribution is 6.31. The van der Waals surface area contributed by atoms with E-state index in [9.17, 15) is 4.39 Å². The number of rotatable bonds is 4. The lowest BCUT2D eigenvalue weighted by Crippen LogP contribution is -2.20. The van der Waals surface area contributed by atoms with Crippen LogP contribution in [0.3, 0.4) is 0 Å². The zero-order valence-electron chi connectivity index (χ0n) is 11.7. The van der Waals surface area contributed by atoms with E-state index in [-0.39, 0.29) is 11.9 Å². The number of aryl methyl sites for hydroxylation is 1. The summed E-state index contributed by atoms with van der Waals surface area (Å²) in [6.07, 6.45) is 0. The van der Waals surface area contributed by atoms with E-state index in [2.05, 4.69) is 5.32 Å². The van der Waals surface area contributed by atoms with Gasteiger partial charge in [0.1, 0.15) is 11.6 Å². The van der Waals surface area contributed by atoms with Crippen molar-refractivity contribution in [2.24, 2.45) is 0 Å². The van der Waals surface area contributed by atoms with Gasteiger partial charge in [-0.05, 0) is 32.2 Å². The maximum absolute atomic E-state index is 14.1. The van der Waals surface area contributed by atoms with E-state index in [1.54, 1.807) is 26.3 Å². The Labute approximate surface area is 123 Å². The van der Waals surface area contributed by atoms with Gasteiger partial charge in [-0.15, -0.1) is 0 Å². The van der Waals surface area contributed by atoms with Gasteiger partial charge in [-0.2, -0.15) is 0 Å². The van der Waals surface area contributed by atoms with Gasteiger partial charge in [-0.3, -0.25) is 0 Å². The Morgan fingerprint density at radius 3 is 2.60 bits per heavy atom. The van der Waals surface area contributed by atoms with Gasteiger partial charge in [0.25, 0.3) is 0 Å². The molecule has 0 aliphatic heterocycles. The number of benzene rings is 2. The minimum atomic E-state index is -0.362. The van der Waals surface area contributed by atoms with Gasteiger partial charge in [0, 0.05) is 16.1 Å². The molecule has 0 radical (unpaired) electrons. The molecule has 0 bridgehead atoms. The van der Waals surface area contributed by atoms with Crippen molar-refractivity contribution < 1.29 is 9.13 Å². The van der Waals surface area contributed by atoms with E-state index in [1.165, 1.54) is 6.07 Å². The number of hydrogen-bond donors (Lipinski definition) is 1. The number of ether oxygens (including phenoxy) is 1. The Kier molecular flexibility index (Phi) is 4.63. The third-order valence-corrected chi connectivity index (χ3v) is 3.60. The first-order valence-electron chi connectivity index (χ1n) is 6.34. The van der Waals surface area contributed by atoms with E-state index >= 15 is 0 Å². The molecule has 20 heavy (non-hydrogen) atoms. The van der Waals surface area contributed by atoms with Gasteiger partial charge in [0.2, 0.25) is 0 Å². The average molecular weight is 294 g/mol. The van der Waals surface area contributed by atoms with Gasteiger partial charge in [-0.1, -0.05) is 35.4 Å². The fraction of sp³-hybridized carbons (Fsp3) is 0.250. The molecule has 1 atom stereocenters. The summed E-state index contributed by atoms with van der Waals surface area (Å²) in [5, 5.41) is 3.51. The van der Waals surface area contributed by atoms with Crippen LogP contribution in [0, 0.1) is 12.7 Å². The molecule has 0 aliphatic rings. The van der Waals surface area contributed by atoms with Crippen LogP contribution in [0.25, 0.3) is 0 Å². The topological polar surface area (TPSA) is 21.3 Å². The van der Waals surface area contributed by atoms with E-state index in [1.807, 2.05) is 25.1 Å². The van der Waals surface area contributed by atoms with Gasteiger partial charge in [-0.25, -0.2) is 4.39 Å². The standard InChI is InChI=1S/C16H17ClFNO/c1-10-7-8-14(20-3)11(9-10)16(19-2)15-12(17)5-4-6-13(15)18/h4-9,16,19H,1-3H3. The van der Waals surface area contributed by atoms with Crippen molar-refractivity contribution >= 4 is 11.6 Å². The van der Waals surface area contributed by atoms with Crippen LogP contribution in [0.4, 0.5) is 4.39 Å². The minimum Gasteiger partial charge on any atom is -0.496 e. The molecule has 4 heteroatoms. The first-order valence-corrected chi connectivity index (χ1v) is 6.72. The average Bonchev–Trinajstić information content (AvgIpc) is 2.43. The van der Waals surface area contributed by atoms with E-state index in [0.29, 0.717) is 16.3 Å². The van der Waals surface area contributed by atoms with Crippen LogP contribution in [0.15, 0.2) is 36.4 Å². The minimum absolute atomic E-state index is 0.333. The molecule has 1 unspecified atom stereocenters. The van der Waals surface area contributed by atoms with E-state index < -0.39 is 0 Å². The second-order valence-corrected chi connectivity index (χ2v) is 5.01. The molecule has 0 fully saturated rings. The molecule has 0 aliphatic carbocycles. The number of halogens is 2. The number of nitrogens with one attached hydrogen (secondary N) is 1. The zero-order valence-corrected chi connectivity index (χ0v) is 12.5. The molecule has 0 saturated carbocycles. The van der Waals surface area contributed by atoms with Crippen molar-refractivity contribution in [3.63, 3.8) is 0 Å². The summed E-state index contributed by atoms with van der Waals surface area (Å²) in [5.41, 5.74) is 2.37. The molecule has 0 spiro atoms. The summed E-state index contributed by atoms with van der Waals surface area (Å²) in [7, 11) is 3.37. The molecule has 0 amide bonds. The Morgan fingerprint density at radius 1 is 1.25 bits per heavy atom. The van der Waals surface area contributed by atoms with Crippen LogP contribution in [0.1, 0.15) is 22.7 Å². The molecule has 0 aromatic heterocycles. The Bertz CT molecular complexity index is 595. The van der Waals surface area contributed by atoms with Crippen LogP contribution >= 0.6 is 11.6 Å². The van der Waals surface area contributed by atoms with Gasteiger partial charge in [0.05, 0.1) is 13.2 Å². The first kappa shape index (κ1) is 14.8. The molecule has 2 rings (SSSR count). The highest BCUT2D eigenvalue weighted by Crippen LogP contribution is 2.35. The van der Waals surface area contributed by atoms with Crippen LogP contribution in [-0.2, 0) is 0 Å². The SMILES string of the molecule is CNC(c1cc(C)ccc1OC)c1c(F)cccc1Cl. The Morgan fingerprint density at radius 2 is 2.00 bits per heavy atom. The van der Waals surface area contributed by atoms with Crippen molar-refractivity contribution in [1.29, 1.82) is 0 Å². The second-order valence-electron chi connectivity index (χ2n) is 4.60. The van der Waals surface area contributed by atoms with Gasteiger partial charge >= 0.3 is 0 Å². The van der Waals surface area contributed by atoms with Crippen LogP contribution in [0.5, 0.6) is 5.75 Å². The summed E-state index contributed by atoms with van der Waals surface area (Å²) in [6, 6.07) is 10.1. The fourth-order valence-electron chi connectivity index (χ4n) is 2.32. The van der Waals surface area contributed by atoms with E-state index in [4.69, 9.17) is 16.3 Å². The van der Waals surface area contributed by atoms with Crippen LogP contribution in [0.2, 0.25) is 5.02 Å². The lowest BCUT2D eigenvalue weighted by molar-refractivity contribution is 0.404. The third-order valence-electron chi connectivity index (χ3n) is 3.27. The van der Waals surface area contributed by atoms with Crippen LogP contribution in [-0.4, -0.2) is 14.2 Å². The van der Waals surface area contributed by atoms with Gasteiger partial charge < -0.3 is 10.1 Å². The predicted molar refractivity (Wildman–Crippen MR) is 80.0 cm³/mol. The predicted octanol–water partition coefficient (Wildman–Crippen LogP) is 4.10. The third kappa shape index (κ3) is 2.79. The zero-order chi connectivity index (χ0) is 14.7. The smallest absolute Gasteiger partial charge is 0.129 e. The lowest BCUT2D eigenvalue weighted by Gasteiger charge is -2.22. The number of hydrogen-bond acceptors (Lipinski definition) is 2. The van der Waals surface area contributed by atoms with Gasteiger partial charge in [0.15, 0.2) is 0 Å². The second kappa shape index (κ2) is 6.25. The molecule has 2 aromatic carbocycles. The highest BCUT2D eigenvalue weighted by Gasteiger charge is 2.22. The highest BCUT2D eigenvalue weighted by atomic mass is 35.5. The molecule has 106 valence electrons. The maximum Gasteiger partial charge on any atom is 0.129 e. The molecule has 2 aromatic rings. The number of methoxy groups -OCH3 is 1. The molecular formula is C16H17ClFNO. The summed E-state index contributed by atoms with van der Waals surface area (Å²) in [5.74, 6) is 0.370. The molecule has 0 saturated heterocycles.